The second-order valence-corrected chi connectivity index (χ2v) is 9.31. The summed E-state index contributed by atoms with van der Waals surface area (Å²) in [6, 6.07) is 5.65. The van der Waals surface area contributed by atoms with Crippen LogP contribution in [-0.2, 0) is 9.47 Å². The minimum Gasteiger partial charge on any atom is -0.444 e. The fraction of sp³-hybridized carbons (Fsp3) is 0.667. The number of likely N-dealkylation sites (tertiary alicyclic amines) is 1. The molecule has 0 aromatic heterocycles. The molecular weight excluding hydrogens is 399 g/mol. The molecule has 1 heterocycles. The average molecular weight is 437 g/mol. The SMILES string of the molecule is COCCCCC(CC1CCN(C(=O)OC(C)(C)C)CC1)NC(=O)c1ccc(F)cc1. The lowest BCUT2D eigenvalue weighted by Gasteiger charge is -2.35. The lowest BCUT2D eigenvalue weighted by Crippen LogP contribution is -2.43. The molecule has 31 heavy (non-hydrogen) atoms. The molecule has 0 saturated carbocycles. The molecular formula is C24H37FN2O4. The molecule has 1 aliphatic heterocycles. The summed E-state index contributed by atoms with van der Waals surface area (Å²) in [4.78, 5) is 26.7. The first kappa shape index (κ1) is 25.1. The Balaban J connectivity index is 1.89. The van der Waals surface area contributed by atoms with Crippen LogP contribution in [0.5, 0.6) is 0 Å². The number of benzene rings is 1. The van der Waals surface area contributed by atoms with Crippen LogP contribution in [0.25, 0.3) is 0 Å². The molecule has 1 aromatic rings. The number of rotatable bonds is 9. The highest BCUT2D eigenvalue weighted by Gasteiger charge is 2.28. The Bertz CT molecular complexity index is 695. The van der Waals surface area contributed by atoms with Crippen molar-refractivity contribution in [2.24, 2.45) is 5.92 Å². The first-order chi connectivity index (χ1) is 14.7. The number of piperidine rings is 1. The van der Waals surface area contributed by atoms with E-state index in [0.717, 1.165) is 38.5 Å². The van der Waals surface area contributed by atoms with E-state index in [1.807, 2.05) is 20.8 Å². The summed E-state index contributed by atoms with van der Waals surface area (Å²) in [5.41, 5.74) is -0.0330. The van der Waals surface area contributed by atoms with Gasteiger partial charge in [-0.25, -0.2) is 9.18 Å². The molecule has 1 saturated heterocycles. The molecule has 6 nitrogen and oxygen atoms in total. The summed E-state index contributed by atoms with van der Waals surface area (Å²) in [5.74, 6) is -0.105. The minimum atomic E-state index is -0.494. The van der Waals surface area contributed by atoms with Crippen molar-refractivity contribution in [3.05, 3.63) is 35.6 Å². The van der Waals surface area contributed by atoms with Crippen LogP contribution in [0.15, 0.2) is 24.3 Å². The summed E-state index contributed by atoms with van der Waals surface area (Å²) in [7, 11) is 1.69. The van der Waals surface area contributed by atoms with Gasteiger partial charge >= 0.3 is 6.09 Å². The van der Waals surface area contributed by atoms with Crippen LogP contribution in [0.1, 0.15) is 69.7 Å². The largest absolute Gasteiger partial charge is 0.444 e. The molecule has 1 aliphatic rings. The minimum absolute atomic E-state index is 0.0347. The number of methoxy groups -OCH3 is 1. The Morgan fingerprint density at radius 3 is 2.39 bits per heavy atom. The van der Waals surface area contributed by atoms with E-state index >= 15 is 0 Å². The first-order valence-corrected chi connectivity index (χ1v) is 11.2. The topological polar surface area (TPSA) is 67.9 Å². The van der Waals surface area contributed by atoms with Gasteiger partial charge in [-0.2, -0.15) is 0 Å². The Morgan fingerprint density at radius 2 is 1.81 bits per heavy atom. The van der Waals surface area contributed by atoms with Crippen molar-refractivity contribution in [3.8, 4) is 0 Å². The molecule has 2 rings (SSSR count). The molecule has 1 unspecified atom stereocenters. The van der Waals surface area contributed by atoms with Crippen LogP contribution in [0.3, 0.4) is 0 Å². The number of ether oxygens (including phenoxy) is 2. The molecule has 1 aromatic carbocycles. The maximum Gasteiger partial charge on any atom is 0.410 e. The van der Waals surface area contributed by atoms with Crippen molar-refractivity contribution in [1.29, 1.82) is 0 Å². The summed E-state index contributed by atoms with van der Waals surface area (Å²) >= 11 is 0. The van der Waals surface area contributed by atoms with Gasteiger partial charge in [0.2, 0.25) is 0 Å². The fourth-order valence-electron chi connectivity index (χ4n) is 3.84. The second-order valence-electron chi connectivity index (χ2n) is 9.31. The molecule has 0 spiro atoms. The molecule has 2 amide bonds. The van der Waals surface area contributed by atoms with Crippen LogP contribution in [0, 0.1) is 11.7 Å². The number of unbranched alkanes of at least 4 members (excludes halogenated alkanes) is 1. The zero-order valence-electron chi connectivity index (χ0n) is 19.3. The van der Waals surface area contributed by atoms with Crippen molar-refractivity contribution in [3.63, 3.8) is 0 Å². The molecule has 1 fully saturated rings. The Kier molecular flexibility index (Phi) is 9.75. The number of halogens is 1. The van der Waals surface area contributed by atoms with Gasteiger partial charge < -0.3 is 19.7 Å². The number of carbonyl (C=O) groups is 2. The summed E-state index contributed by atoms with van der Waals surface area (Å²) in [6.45, 7) is 7.65. The molecule has 1 atom stereocenters. The van der Waals surface area contributed by atoms with Crippen LogP contribution in [0.2, 0.25) is 0 Å². The van der Waals surface area contributed by atoms with Crippen molar-refractivity contribution < 1.29 is 23.5 Å². The van der Waals surface area contributed by atoms with Crippen LogP contribution in [0.4, 0.5) is 9.18 Å². The van der Waals surface area contributed by atoms with Gasteiger partial charge in [0.25, 0.3) is 5.91 Å². The van der Waals surface area contributed by atoms with Gasteiger partial charge in [0.15, 0.2) is 0 Å². The third-order valence-corrected chi connectivity index (χ3v) is 5.48. The van der Waals surface area contributed by atoms with E-state index < -0.39 is 5.60 Å². The van der Waals surface area contributed by atoms with Crippen molar-refractivity contribution in [2.75, 3.05) is 26.8 Å². The number of hydrogen-bond acceptors (Lipinski definition) is 4. The molecule has 174 valence electrons. The average Bonchev–Trinajstić information content (AvgIpc) is 2.70. The molecule has 1 N–H and O–H groups in total. The van der Waals surface area contributed by atoms with Crippen LogP contribution < -0.4 is 5.32 Å². The molecule has 0 aliphatic carbocycles. The van der Waals surface area contributed by atoms with Gasteiger partial charge in [0.05, 0.1) is 0 Å². The van der Waals surface area contributed by atoms with Gasteiger partial charge in [0, 0.05) is 38.4 Å². The lowest BCUT2D eigenvalue weighted by molar-refractivity contribution is 0.0178. The van der Waals surface area contributed by atoms with Gasteiger partial charge in [-0.3, -0.25) is 4.79 Å². The Labute approximate surface area is 185 Å². The summed E-state index contributed by atoms with van der Waals surface area (Å²) < 4.78 is 23.8. The van der Waals surface area contributed by atoms with Gasteiger partial charge in [-0.1, -0.05) is 0 Å². The number of nitrogens with zero attached hydrogens (tertiary/aromatic N) is 1. The highest BCUT2D eigenvalue weighted by molar-refractivity contribution is 5.94. The molecule has 7 heteroatoms. The van der Waals surface area contributed by atoms with E-state index in [1.165, 1.54) is 24.3 Å². The Hall–Kier alpha value is -2.15. The molecule has 0 radical (unpaired) electrons. The quantitative estimate of drug-likeness (QED) is 0.566. The third kappa shape index (κ3) is 9.25. The van der Waals surface area contributed by atoms with Crippen LogP contribution >= 0.6 is 0 Å². The number of carbonyl (C=O) groups excluding carboxylic acids is 2. The first-order valence-electron chi connectivity index (χ1n) is 11.2. The van der Waals surface area contributed by atoms with Gasteiger partial charge in [0.1, 0.15) is 11.4 Å². The van der Waals surface area contributed by atoms with E-state index in [0.29, 0.717) is 31.2 Å². The zero-order chi connectivity index (χ0) is 22.9. The standard InChI is InChI=1S/C24H37FN2O4/c1-24(2,3)31-23(29)27-14-12-18(13-15-27)17-21(7-5-6-16-30-4)26-22(28)19-8-10-20(25)11-9-19/h8-11,18,21H,5-7,12-17H2,1-4H3,(H,26,28). The molecule has 0 bridgehead atoms. The monoisotopic (exact) mass is 436 g/mol. The fourth-order valence-corrected chi connectivity index (χ4v) is 3.84. The lowest BCUT2D eigenvalue weighted by atomic mass is 9.88. The van der Waals surface area contributed by atoms with Crippen molar-refractivity contribution in [1.82, 2.24) is 10.2 Å². The highest BCUT2D eigenvalue weighted by Crippen LogP contribution is 2.25. The van der Waals surface area contributed by atoms with Crippen molar-refractivity contribution in [2.45, 2.75) is 70.9 Å². The van der Waals surface area contributed by atoms with Gasteiger partial charge in [-0.15, -0.1) is 0 Å². The smallest absolute Gasteiger partial charge is 0.410 e. The maximum absolute atomic E-state index is 13.2. The zero-order valence-corrected chi connectivity index (χ0v) is 19.3. The third-order valence-electron chi connectivity index (χ3n) is 5.48. The van der Waals surface area contributed by atoms with E-state index in [2.05, 4.69) is 5.32 Å². The van der Waals surface area contributed by atoms with E-state index in [1.54, 1.807) is 12.0 Å². The van der Waals surface area contributed by atoms with Crippen LogP contribution in [-0.4, -0.2) is 55.3 Å². The second kappa shape index (κ2) is 12.0. The van der Waals surface area contributed by atoms with Crippen molar-refractivity contribution >= 4 is 12.0 Å². The number of hydrogen-bond donors (Lipinski definition) is 1. The normalized spacial score (nSPS) is 16.1. The summed E-state index contributed by atoms with van der Waals surface area (Å²) in [5, 5.41) is 3.13. The van der Waals surface area contributed by atoms with E-state index in [4.69, 9.17) is 9.47 Å². The van der Waals surface area contributed by atoms with E-state index in [-0.39, 0.29) is 23.9 Å². The predicted molar refractivity (Wildman–Crippen MR) is 119 cm³/mol. The number of amides is 2. The van der Waals surface area contributed by atoms with E-state index in [9.17, 15) is 14.0 Å². The van der Waals surface area contributed by atoms with Gasteiger partial charge in [-0.05, 0) is 89.5 Å². The number of nitrogens with one attached hydrogen (secondary N) is 1. The summed E-state index contributed by atoms with van der Waals surface area (Å²) in [6.07, 6.45) is 5.15. The Morgan fingerprint density at radius 1 is 1.16 bits per heavy atom. The predicted octanol–water partition coefficient (Wildman–Crippen LogP) is 4.78. The highest BCUT2D eigenvalue weighted by atomic mass is 19.1. The maximum atomic E-state index is 13.2.